The Balaban J connectivity index is 1.38. The molecule has 10 nitrogen and oxygen atoms in total. The largest absolute Gasteiger partial charge is 0.453 e. The molecule has 0 aliphatic carbocycles. The fourth-order valence-corrected chi connectivity index (χ4v) is 5.37. The van der Waals surface area contributed by atoms with Gasteiger partial charge in [0.05, 0.1) is 34.3 Å². The van der Waals surface area contributed by atoms with Crippen molar-refractivity contribution in [2.45, 2.75) is 49.7 Å². The third-order valence-corrected chi connectivity index (χ3v) is 7.87. The van der Waals surface area contributed by atoms with E-state index in [1.54, 1.807) is 48.3 Å². The zero-order valence-electron chi connectivity index (χ0n) is 22.9. The van der Waals surface area contributed by atoms with Crippen molar-refractivity contribution < 1.29 is 18.1 Å². The number of hydrogen-bond donors (Lipinski definition) is 2. The Bertz CT molecular complexity index is 1840. The number of rotatable bonds is 7. The fourth-order valence-electron chi connectivity index (χ4n) is 4.20. The molecule has 5 rings (SSSR count). The molecule has 5 aromatic rings. The van der Waals surface area contributed by atoms with Crippen LogP contribution in [0, 0.1) is 17.5 Å². The van der Waals surface area contributed by atoms with E-state index >= 15 is 4.39 Å². The number of ether oxygens (including phenoxy) is 1. The number of nitrogens with zero attached hydrogens (tertiary/aromatic N) is 5. The molecule has 210 valence electrons. The molecule has 0 aliphatic heterocycles. The van der Waals surface area contributed by atoms with Gasteiger partial charge in [0.2, 0.25) is 11.1 Å². The van der Waals surface area contributed by atoms with Crippen LogP contribution < -0.4 is 10.1 Å². The topological polar surface area (TPSA) is 136 Å². The Kier molecular flexibility index (Phi) is 7.26. The molecule has 3 heterocycles. The number of pyridine rings is 1. The van der Waals surface area contributed by atoms with E-state index in [0.29, 0.717) is 27.7 Å². The van der Waals surface area contributed by atoms with Gasteiger partial charge < -0.3 is 10.1 Å². The molecule has 0 saturated heterocycles. The summed E-state index contributed by atoms with van der Waals surface area (Å²) in [5.74, 6) is -0.697. The van der Waals surface area contributed by atoms with E-state index < -0.39 is 15.5 Å². The Labute approximate surface area is 236 Å². The van der Waals surface area contributed by atoms with Gasteiger partial charge in [-0.1, -0.05) is 6.07 Å². The highest BCUT2D eigenvalue weighted by Gasteiger charge is 2.20. The van der Waals surface area contributed by atoms with Crippen molar-refractivity contribution in [2.24, 2.45) is 0 Å². The molecule has 41 heavy (non-hydrogen) atoms. The zero-order chi connectivity index (χ0) is 29.4. The van der Waals surface area contributed by atoms with Crippen LogP contribution in [-0.4, -0.2) is 34.8 Å². The summed E-state index contributed by atoms with van der Waals surface area (Å²) in [5, 5.41) is 7.39. The normalized spacial score (nSPS) is 13.1. The predicted octanol–water partition coefficient (Wildman–Crippen LogP) is 5.86. The van der Waals surface area contributed by atoms with E-state index in [4.69, 9.17) is 9.52 Å². The Morgan fingerprint density at radius 1 is 1.10 bits per heavy atom. The molecule has 1 unspecified atom stereocenters. The van der Waals surface area contributed by atoms with Crippen molar-refractivity contribution in [2.75, 3.05) is 5.32 Å². The number of nitrogens with one attached hydrogen (secondary N) is 2. The molecular weight excluding hydrogens is 545 g/mol. The van der Waals surface area contributed by atoms with Crippen molar-refractivity contribution in [3.8, 4) is 11.5 Å². The van der Waals surface area contributed by atoms with E-state index in [-0.39, 0.29) is 39.4 Å². The molecule has 2 N–H and O–H groups in total. The summed E-state index contributed by atoms with van der Waals surface area (Å²) >= 11 is 0. The molecule has 0 bridgehead atoms. The minimum Gasteiger partial charge on any atom is -0.453 e. The van der Waals surface area contributed by atoms with E-state index in [2.05, 4.69) is 25.4 Å². The van der Waals surface area contributed by atoms with Crippen LogP contribution in [-0.2, 0) is 26.5 Å². The van der Waals surface area contributed by atoms with Crippen LogP contribution in [0.1, 0.15) is 31.9 Å². The number of aryl methyl sites for hydroxylation is 1. The summed E-state index contributed by atoms with van der Waals surface area (Å²) in [7, 11) is -3.51. The summed E-state index contributed by atoms with van der Waals surface area (Å²) < 4.78 is 44.8. The first-order chi connectivity index (χ1) is 19.4. The van der Waals surface area contributed by atoms with Gasteiger partial charge in [-0.15, -0.1) is 0 Å². The second kappa shape index (κ2) is 10.7. The second-order valence-corrected chi connectivity index (χ2v) is 12.4. The SMILES string of the molecule is Cc1cc(CC(=O)Nc2cnn(C(C)(C)C)c2)cc(F)c1Oc1ccnc2ccc(S(=N)(=O)c3ncccn3)cc12. The molecule has 2 aromatic carbocycles. The highest BCUT2D eigenvalue weighted by molar-refractivity contribution is 7.92. The lowest BCUT2D eigenvalue weighted by Crippen LogP contribution is -2.22. The molecule has 0 saturated carbocycles. The van der Waals surface area contributed by atoms with Crippen LogP contribution >= 0.6 is 0 Å². The molecule has 0 fully saturated rings. The molecule has 1 atom stereocenters. The van der Waals surface area contributed by atoms with Gasteiger partial charge in [0.25, 0.3) is 0 Å². The van der Waals surface area contributed by atoms with Crippen LogP contribution in [0.3, 0.4) is 0 Å². The van der Waals surface area contributed by atoms with Gasteiger partial charge in [0.1, 0.15) is 15.5 Å². The fraction of sp³-hybridized carbons (Fsp3) is 0.207. The Morgan fingerprint density at radius 2 is 1.85 bits per heavy atom. The minimum absolute atomic E-state index is 0.0171. The minimum atomic E-state index is -3.51. The third-order valence-electron chi connectivity index (χ3n) is 6.22. The van der Waals surface area contributed by atoms with E-state index in [1.165, 1.54) is 36.8 Å². The Hall–Kier alpha value is -4.71. The van der Waals surface area contributed by atoms with Crippen molar-refractivity contribution in [3.05, 3.63) is 90.4 Å². The van der Waals surface area contributed by atoms with Gasteiger partial charge in [0.15, 0.2) is 11.6 Å². The average Bonchev–Trinajstić information content (AvgIpc) is 3.40. The maximum Gasteiger partial charge on any atom is 0.231 e. The van der Waals surface area contributed by atoms with E-state index in [1.807, 2.05) is 20.8 Å². The Morgan fingerprint density at radius 3 is 2.54 bits per heavy atom. The standard InChI is InChI=1S/C29H28FN7O3S/c1-18-12-19(14-26(38)36-20-16-35-37(17-20)29(2,3)4)13-23(30)27(18)40-25-8-11-32-24-7-6-21(15-22(24)25)41(31,39)28-33-9-5-10-34-28/h5-13,15-17,31H,14H2,1-4H3,(H,36,38). The summed E-state index contributed by atoms with van der Waals surface area (Å²) in [5.41, 5.74) is 1.80. The average molecular weight is 574 g/mol. The van der Waals surface area contributed by atoms with E-state index in [9.17, 15) is 9.00 Å². The van der Waals surface area contributed by atoms with Crippen molar-refractivity contribution in [1.82, 2.24) is 24.7 Å². The summed E-state index contributed by atoms with van der Waals surface area (Å²) in [6.07, 6.45) is 7.64. The zero-order valence-corrected chi connectivity index (χ0v) is 23.7. The second-order valence-electron chi connectivity index (χ2n) is 10.5. The summed E-state index contributed by atoms with van der Waals surface area (Å²) in [6.45, 7) is 7.69. The summed E-state index contributed by atoms with van der Waals surface area (Å²) in [4.78, 5) is 25.1. The number of benzene rings is 2. The number of anilines is 1. The van der Waals surface area contributed by atoms with Gasteiger partial charge in [0, 0.05) is 30.2 Å². The van der Waals surface area contributed by atoms with Crippen LogP contribution in [0.25, 0.3) is 10.9 Å². The van der Waals surface area contributed by atoms with Crippen LogP contribution in [0.5, 0.6) is 11.5 Å². The smallest absolute Gasteiger partial charge is 0.231 e. The van der Waals surface area contributed by atoms with Crippen LogP contribution in [0.15, 0.2) is 83.5 Å². The monoisotopic (exact) mass is 573 g/mol. The molecule has 0 radical (unpaired) electrons. The summed E-state index contributed by atoms with van der Waals surface area (Å²) in [6, 6.07) is 10.8. The van der Waals surface area contributed by atoms with Gasteiger partial charge >= 0.3 is 0 Å². The lowest BCUT2D eigenvalue weighted by atomic mass is 10.1. The molecule has 1 amide bonds. The third kappa shape index (κ3) is 5.92. The first-order valence-electron chi connectivity index (χ1n) is 12.7. The highest BCUT2D eigenvalue weighted by Crippen LogP contribution is 2.35. The molecule has 3 aromatic heterocycles. The number of carbonyl (C=O) groups is 1. The highest BCUT2D eigenvalue weighted by atomic mass is 32.2. The van der Waals surface area contributed by atoms with E-state index in [0.717, 1.165) is 0 Å². The van der Waals surface area contributed by atoms with Crippen molar-refractivity contribution >= 4 is 32.2 Å². The molecule has 0 spiro atoms. The van der Waals surface area contributed by atoms with Crippen LogP contribution in [0.2, 0.25) is 0 Å². The number of aromatic nitrogens is 5. The molecule has 0 aliphatic rings. The predicted molar refractivity (Wildman–Crippen MR) is 152 cm³/mol. The lowest BCUT2D eigenvalue weighted by Gasteiger charge is -2.18. The first-order valence-corrected chi connectivity index (χ1v) is 14.2. The quantitative estimate of drug-likeness (QED) is 0.233. The van der Waals surface area contributed by atoms with Crippen LogP contribution in [0.4, 0.5) is 10.1 Å². The number of fused-ring (bicyclic) bond motifs is 1. The molecular formula is C29H28FN7O3S. The molecule has 12 heteroatoms. The van der Waals surface area contributed by atoms with Gasteiger partial charge in [-0.2, -0.15) is 5.10 Å². The number of amides is 1. The lowest BCUT2D eigenvalue weighted by molar-refractivity contribution is -0.115. The first kappa shape index (κ1) is 27.8. The van der Waals surface area contributed by atoms with Gasteiger partial charge in [-0.25, -0.2) is 23.3 Å². The number of carbonyl (C=O) groups excluding carboxylic acids is 1. The maximum absolute atomic E-state index is 15.3. The van der Waals surface area contributed by atoms with Gasteiger partial charge in [-0.3, -0.25) is 14.5 Å². The van der Waals surface area contributed by atoms with Crippen molar-refractivity contribution in [1.29, 1.82) is 4.78 Å². The van der Waals surface area contributed by atoms with Crippen molar-refractivity contribution in [3.63, 3.8) is 0 Å². The number of hydrogen-bond acceptors (Lipinski definition) is 8. The van der Waals surface area contributed by atoms with Gasteiger partial charge in [-0.05, 0) is 75.2 Å². The maximum atomic E-state index is 15.3. The number of halogens is 1.